The molecule has 2 aromatic rings. The number of ether oxygens (including phenoxy) is 2. The van der Waals surface area contributed by atoms with E-state index in [-0.39, 0.29) is 11.7 Å². The van der Waals surface area contributed by atoms with Gasteiger partial charge in [-0.15, -0.1) is 0 Å². The van der Waals surface area contributed by atoms with Crippen molar-refractivity contribution in [1.29, 1.82) is 0 Å². The highest BCUT2D eigenvalue weighted by Crippen LogP contribution is 2.16. The number of hydrogen-bond acceptors (Lipinski definition) is 3. The summed E-state index contributed by atoms with van der Waals surface area (Å²) in [7, 11) is 0. The summed E-state index contributed by atoms with van der Waals surface area (Å²) in [6.45, 7) is 1.17. The van der Waals surface area contributed by atoms with Crippen molar-refractivity contribution in [3.8, 4) is 5.75 Å². The first-order valence-electron chi connectivity index (χ1n) is 5.19. The van der Waals surface area contributed by atoms with E-state index in [0.717, 1.165) is 17.5 Å². The van der Waals surface area contributed by atoms with Crippen LogP contribution < -0.4 is 10.3 Å². The van der Waals surface area contributed by atoms with Crippen LogP contribution in [0.25, 0.3) is 10.9 Å². The van der Waals surface area contributed by atoms with Gasteiger partial charge in [0, 0.05) is 10.9 Å². The van der Waals surface area contributed by atoms with Crippen LogP contribution in [0.1, 0.15) is 0 Å². The molecule has 1 unspecified atom stereocenters. The van der Waals surface area contributed by atoms with Crippen molar-refractivity contribution in [1.82, 2.24) is 4.98 Å². The largest absolute Gasteiger partial charge is 0.485 e. The predicted octanol–water partition coefficient (Wildman–Crippen LogP) is 1.31. The van der Waals surface area contributed by atoms with Gasteiger partial charge in [-0.05, 0) is 12.1 Å². The number of rotatable bonds is 3. The van der Waals surface area contributed by atoms with E-state index >= 15 is 0 Å². The highest BCUT2D eigenvalue weighted by atomic mass is 16.6. The molecule has 82 valence electrons. The minimum atomic E-state index is -0.195. The first kappa shape index (κ1) is 9.42. The van der Waals surface area contributed by atoms with Gasteiger partial charge in [0.15, 0.2) is 5.75 Å². The Morgan fingerprint density at radius 3 is 3.06 bits per heavy atom. The van der Waals surface area contributed by atoms with Crippen LogP contribution in [0.3, 0.4) is 0 Å². The van der Waals surface area contributed by atoms with Crippen LogP contribution in [0.2, 0.25) is 0 Å². The molecular weight excluding hydrogens is 206 g/mol. The second-order valence-corrected chi connectivity index (χ2v) is 3.82. The number of aromatic nitrogens is 1. The molecule has 0 amide bonds. The van der Waals surface area contributed by atoms with Crippen LogP contribution in [-0.2, 0) is 4.74 Å². The van der Waals surface area contributed by atoms with Gasteiger partial charge in [0.25, 0.3) is 5.56 Å². The molecule has 1 aromatic heterocycles. The summed E-state index contributed by atoms with van der Waals surface area (Å²) in [5, 5.41) is 0.966. The van der Waals surface area contributed by atoms with Crippen molar-refractivity contribution in [3.63, 3.8) is 0 Å². The third-order valence-corrected chi connectivity index (χ3v) is 2.55. The molecule has 1 N–H and O–H groups in total. The Morgan fingerprint density at radius 2 is 2.25 bits per heavy atom. The smallest absolute Gasteiger partial charge is 0.290 e. The summed E-state index contributed by atoms with van der Waals surface area (Å²) in [5.41, 5.74) is 0.627. The molecule has 16 heavy (non-hydrogen) atoms. The van der Waals surface area contributed by atoms with Crippen LogP contribution in [0.15, 0.2) is 35.1 Å². The summed E-state index contributed by atoms with van der Waals surface area (Å²) >= 11 is 0. The Balaban J connectivity index is 1.96. The van der Waals surface area contributed by atoms with Crippen molar-refractivity contribution in [3.05, 3.63) is 40.7 Å². The third-order valence-electron chi connectivity index (χ3n) is 2.55. The molecule has 1 aliphatic heterocycles. The Kier molecular flexibility index (Phi) is 2.15. The maximum atomic E-state index is 11.6. The average molecular weight is 217 g/mol. The maximum Gasteiger partial charge on any atom is 0.290 e. The lowest BCUT2D eigenvalue weighted by molar-refractivity contribution is 0.260. The van der Waals surface area contributed by atoms with Crippen LogP contribution in [0, 0.1) is 0 Å². The fourth-order valence-corrected chi connectivity index (χ4v) is 1.58. The molecule has 1 atom stereocenters. The van der Waals surface area contributed by atoms with Crippen LogP contribution >= 0.6 is 0 Å². The molecule has 4 heteroatoms. The first-order valence-corrected chi connectivity index (χ1v) is 5.19. The number of para-hydroxylation sites is 1. The average Bonchev–Trinajstić information content (AvgIpc) is 3.10. The van der Waals surface area contributed by atoms with E-state index < -0.39 is 0 Å². The van der Waals surface area contributed by atoms with E-state index in [0.29, 0.717) is 12.4 Å². The SMILES string of the molecule is O=c1[nH]c2ccccc2cc1OCC1CO1. The molecule has 4 nitrogen and oxygen atoms in total. The number of pyridine rings is 1. The zero-order valence-corrected chi connectivity index (χ0v) is 8.60. The molecule has 1 aliphatic rings. The molecule has 0 aliphatic carbocycles. The van der Waals surface area contributed by atoms with Gasteiger partial charge in [0.05, 0.1) is 6.61 Å². The van der Waals surface area contributed by atoms with Gasteiger partial charge in [-0.1, -0.05) is 18.2 Å². The highest BCUT2D eigenvalue weighted by Gasteiger charge is 2.23. The monoisotopic (exact) mass is 217 g/mol. The second-order valence-electron chi connectivity index (χ2n) is 3.82. The van der Waals surface area contributed by atoms with Gasteiger partial charge in [-0.2, -0.15) is 0 Å². The molecule has 0 spiro atoms. The highest BCUT2D eigenvalue weighted by molar-refractivity contribution is 5.79. The molecule has 0 bridgehead atoms. The van der Waals surface area contributed by atoms with Crippen molar-refractivity contribution in [2.75, 3.05) is 13.2 Å². The first-order chi connectivity index (χ1) is 7.83. The van der Waals surface area contributed by atoms with E-state index in [9.17, 15) is 4.79 Å². The van der Waals surface area contributed by atoms with Crippen LogP contribution in [0.5, 0.6) is 5.75 Å². The molecule has 0 radical (unpaired) electrons. The summed E-state index contributed by atoms with van der Waals surface area (Å²) in [4.78, 5) is 14.4. The molecule has 1 aromatic carbocycles. The molecule has 3 rings (SSSR count). The molecule has 0 saturated carbocycles. The maximum absolute atomic E-state index is 11.6. The van der Waals surface area contributed by atoms with E-state index in [1.165, 1.54) is 0 Å². The predicted molar refractivity (Wildman–Crippen MR) is 59.8 cm³/mol. The quantitative estimate of drug-likeness (QED) is 0.788. The number of H-pyrrole nitrogens is 1. The number of epoxide rings is 1. The number of hydrogen-bond donors (Lipinski definition) is 1. The van der Waals surface area contributed by atoms with E-state index in [4.69, 9.17) is 9.47 Å². The Morgan fingerprint density at radius 1 is 1.44 bits per heavy atom. The summed E-state index contributed by atoms with van der Waals surface area (Å²) < 4.78 is 10.4. The zero-order chi connectivity index (χ0) is 11.0. The molecule has 1 fully saturated rings. The van der Waals surface area contributed by atoms with Gasteiger partial charge in [0.2, 0.25) is 0 Å². The summed E-state index contributed by atoms with van der Waals surface area (Å²) in [6.07, 6.45) is 0.158. The number of aromatic amines is 1. The van der Waals surface area contributed by atoms with Crippen molar-refractivity contribution in [2.45, 2.75) is 6.10 Å². The van der Waals surface area contributed by atoms with Crippen molar-refractivity contribution >= 4 is 10.9 Å². The van der Waals surface area contributed by atoms with Crippen LogP contribution in [0.4, 0.5) is 0 Å². The number of fused-ring (bicyclic) bond motifs is 1. The standard InChI is InChI=1S/C12H11NO3/c14-12-11(16-7-9-6-15-9)5-8-3-1-2-4-10(8)13-12/h1-5,9H,6-7H2,(H,13,14). The number of nitrogens with one attached hydrogen (secondary N) is 1. The van der Waals surface area contributed by atoms with Crippen molar-refractivity contribution < 1.29 is 9.47 Å². The Bertz CT molecular complexity index is 572. The molecular formula is C12H11NO3. The van der Waals surface area contributed by atoms with Gasteiger partial charge < -0.3 is 14.5 Å². The van der Waals surface area contributed by atoms with E-state index in [1.54, 1.807) is 6.07 Å². The fourth-order valence-electron chi connectivity index (χ4n) is 1.58. The third kappa shape index (κ3) is 1.79. The lowest BCUT2D eigenvalue weighted by atomic mass is 10.2. The van der Waals surface area contributed by atoms with Gasteiger partial charge in [-0.25, -0.2) is 0 Å². The van der Waals surface area contributed by atoms with Gasteiger partial charge in [0.1, 0.15) is 12.7 Å². The zero-order valence-electron chi connectivity index (χ0n) is 8.60. The van der Waals surface area contributed by atoms with E-state index in [2.05, 4.69) is 4.98 Å². The number of benzene rings is 1. The lowest BCUT2D eigenvalue weighted by Gasteiger charge is -2.04. The van der Waals surface area contributed by atoms with Crippen LogP contribution in [-0.4, -0.2) is 24.3 Å². The van der Waals surface area contributed by atoms with Gasteiger partial charge in [-0.3, -0.25) is 4.79 Å². The Hall–Kier alpha value is -1.81. The summed E-state index contributed by atoms with van der Waals surface area (Å²) in [6, 6.07) is 9.37. The van der Waals surface area contributed by atoms with E-state index in [1.807, 2.05) is 24.3 Å². The lowest BCUT2D eigenvalue weighted by Crippen LogP contribution is -2.14. The Labute approximate surface area is 91.8 Å². The fraction of sp³-hybridized carbons (Fsp3) is 0.250. The van der Waals surface area contributed by atoms with Gasteiger partial charge >= 0.3 is 0 Å². The second kappa shape index (κ2) is 3.64. The minimum absolute atomic E-state index is 0.158. The minimum Gasteiger partial charge on any atom is -0.485 e. The molecule has 2 heterocycles. The molecule has 1 saturated heterocycles. The normalized spacial score (nSPS) is 18.6. The van der Waals surface area contributed by atoms with Crippen molar-refractivity contribution in [2.24, 2.45) is 0 Å². The topological polar surface area (TPSA) is 54.6 Å². The summed E-state index contributed by atoms with van der Waals surface area (Å²) in [5.74, 6) is 0.356.